The number of fused-ring (bicyclic) bond motifs is 1. The molecule has 0 aliphatic heterocycles. The summed E-state index contributed by atoms with van der Waals surface area (Å²) in [6.07, 6.45) is 2.04. The van der Waals surface area contributed by atoms with Crippen molar-refractivity contribution in [1.29, 1.82) is 0 Å². The Bertz CT molecular complexity index is 1130. The summed E-state index contributed by atoms with van der Waals surface area (Å²) in [6, 6.07) is 13.9. The van der Waals surface area contributed by atoms with Gasteiger partial charge < -0.3 is 9.30 Å². The second-order valence-electron chi connectivity index (χ2n) is 6.22. The van der Waals surface area contributed by atoms with E-state index in [-0.39, 0.29) is 24.1 Å². The van der Waals surface area contributed by atoms with E-state index in [1.165, 1.54) is 12.1 Å². The molecule has 7 nitrogen and oxygen atoms in total. The summed E-state index contributed by atoms with van der Waals surface area (Å²) in [5.74, 6) is 0.808. The van der Waals surface area contributed by atoms with Gasteiger partial charge in [0.15, 0.2) is 5.82 Å². The molecule has 28 heavy (non-hydrogen) atoms. The van der Waals surface area contributed by atoms with Crippen LogP contribution in [-0.2, 0) is 11.3 Å². The molecule has 0 saturated heterocycles. The monoisotopic (exact) mass is 379 g/mol. The second kappa shape index (κ2) is 7.51. The minimum absolute atomic E-state index is 0.189. The molecule has 142 valence electrons. The highest BCUT2D eigenvalue weighted by molar-refractivity contribution is 5.89. The number of ether oxygens (including phenoxy) is 1. The lowest BCUT2D eigenvalue weighted by atomic mass is 10.2. The fourth-order valence-corrected chi connectivity index (χ4v) is 3.04. The number of anilines is 1. The smallest absolute Gasteiger partial charge is 0.249 e. The molecule has 0 spiro atoms. The zero-order chi connectivity index (χ0) is 19.5. The minimum atomic E-state index is -0.304. The van der Waals surface area contributed by atoms with E-state index < -0.39 is 0 Å². The fraction of sp³-hybridized carbons (Fsp3) is 0.150. The van der Waals surface area contributed by atoms with Gasteiger partial charge in [-0.1, -0.05) is 12.1 Å². The Morgan fingerprint density at radius 3 is 2.96 bits per heavy atom. The van der Waals surface area contributed by atoms with E-state index in [1.807, 2.05) is 41.1 Å². The maximum atomic E-state index is 13.5. The summed E-state index contributed by atoms with van der Waals surface area (Å²) in [6.45, 7) is 0.419. The number of carbonyl (C=O) groups excluding carboxylic acids is 1. The number of nitrogens with zero attached hydrogens (tertiary/aromatic N) is 3. The third-order valence-electron chi connectivity index (χ3n) is 4.41. The van der Waals surface area contributed by atoms with Crippen LogP contribution in [0, 0.1) is 5.82 Å². The van der Waals surface area contributed by atoms with Gasteiger partial charge in [-0.15, -0.1) is 5.10 Å². The second-order valence-corrected chi connectivity index (χ2v) is 6.22. The number of H-pyrrole nitrogens is 1. The van der Waals surface area contributed by atoms with Crippen molar-refractivity contribution in [2.24, 2.45) is 0 Å². The van der Waals surface area contributed by atoms with Gasteiger partial charge in [0.2, 0.25) is 11.9 Å². The maximum absolute atomic E-state index is 13.5. The lowest BCUT2D eigenvalue weighted by Gasteiger charge is -2.05. The quantitative estimate of drug-likeness (QED) is 0.536. The van der Waals surface area contributed by atoms with Crippen molar-refractivity contribution in [2.45, 2.75) is 13.0 Å². The van der Waals surface area contributed by atoms with Gasteiger partial charge in [-0.2, -0.15) is 4.98 Å². The Labute approximate surface area is 160 Å². The fourth-order valence-electron chi connectivity index (χ4n) is 3.04. The zero-order valence-corrected chi connectivity index (χ0v) is 15.1. The molecule has 4 rings (SSSR count). The van der Waals surface area contributed by atoms with Gasteiger partial charge in [0.25, 0.3) is 0 Å². The molecule has 4 aromatic rings. The minimum Gasteiger partial charge on any atom is -0.496 e. The molecule has 0 fully saturated rings. The number of benzene rings is 2. The number of hydrogen-bond donors (Lipinski definition) is 2. The summed E-state index contributed by atoms with van der Waals surface area (Å²) in [5, 5.41) is 10.4. The van der Waals surface area contributed by atoms with E-state index in [9.17, 15) is 9.18 Å². The van der Waals surface area contributed by atoms with E-state index in [4.69, 9.17) is 4.74 Å². The number of carbonyl (C=O) groups is 1. The predicted molar refractivity (Wildman–Crippen MR) is 104 cm³/mol. The molecule has 2 N–H and O–H groups in total. The Kier molecular flexibility index (Phi) is 4.76. The van der Waals surface area contributed by atoms with Crippen molar-refractivity contribution in [3.05, 3.63) is 60.5 Å². The van der Waals surface area contributed by atoms with Crippen LogP contribution in [0.5, 0.6) is 5.75 Å². The molecule has 0 atom stereocenters. The number of amides is 1. The third-order valence-corrected chi connectivity index (χ3v) is 4.41. The van der Waals surface area contributed by atoms with E-state index in [0.29, 0.717) is 18.1 Å². The molecule has 8 heteroatoms. The SMILES string of the molecule is COc1ccccc1-c1nc(NC(=O)CCn2ccc3ccc(F)cc32)n[nH]1. The molecular weight excluding hydrogens is 361 g/mol. The van der Waals surface area contributed by atoms with Crippen molar-refractivity contribution in [3.63, 3.8) is 0 Å². The molecule has 2 aromatic heterocycles. The number of methoxy groups -OCH3 is 1. The lowest BCUT2D eigenvalue weighted by Crippen LogP contribution is -2.15. The van der Waals surface area contributed by atoms with E-state index in [0.717, 1.165) is 16.5 Å². The first-order chi connectivity index (χ1) is 13.6. The van der Waals surface area contributed by atoms with E-state index in [2.05, 4.69) is 20.5 Å². The van der Waals surface area contributed by atoms with Gasteiger partial charge >= 0.3 is 0 Å². The summed E-state index contributed by atoms with van der Waals surface area (Å²) >= 11 is 0. The van der Waals surface area contributed by atoms with Gasteiger partial charge in [0, 0.05) is 19.2 Å². The molecule has 0 bridgehead atoms. The van der Waals surface area contributed by atoms with Gasteiger partial charge in [0.05, 0.1) is 18.2 Å². The first-order valence-electron chi connectivity index (χ1n) is 8.74. The molecular formula is C20H18FN5O2. The van der Waals surface area contributed by atoms with Gasteiger partial charge in [-0.05, 0) is 41.8 Å². The van der Waals surface area contributed by atoms with Crippen LogP contribution in [0.25, 0.3) is 22.3 Å². The Hall–Kier alpha value is -3.68. The Balaban J connectivity index is 1.42. The average Bonchev–Trinajstić information content (AvgIpc) is 3.33. The highest BCUT2D eigenvalue weighted by atomic mass is 19.1. The molecule has 0 unspecified atom stereocenters. The molecule has 0 saturated carbocycles. The van der Waals surface area contributed by atoms with E-state index >= 15 is 0 Å². The van der Waals surface area contributed by atoms with Crippen molar-refractivity contribution in [2.75, 3.05) is 12.4 Å². The lowest BCUT2D eigenvalue weighted by molar-refractivity contribution is -0.116. The Morgan fingerprint density at radius 1 is 1.25 bits per heavy atom. The van der Waals surface area contributed by atoms with Crippen LogP contribution in [0.15, 0.2) is 54.7 Å². The first-order valence-corrected chi connectivity index (χ1v) is 8.74. The number of para-hydroxylation sites is 1. The number of hydrogen-bond acceptors (Lipinski definition) is 4. The summed E-state index contributed by atoms with van der Waals surface area (Å²) < 4.78 is 20.6. The highest BCUT2D eigenvalue weighted by Gasteiger charge is 2.12. The summed E-state index contributed by atoms with van der Waals surface area (Å²) in [4.78, 5) is 16.6. The van der Waals surface area contributed by atoms with Crippen molar-refractivity contribution >= 4 is 22.8 Å². The van der Waals surface area contributed by atoms with E-state index in [1.54, 1.807) is 13.2 Å². The average molecular weight is 379 g/mol. The molecule has 0 radical (unpaired) electrons. The van der Waals surface area contributed by atoms with Crippen LogP contribution in [0.3, 0.4) is 0 Å². The number of nitrogens with one attached hydrogen (secondary N) is 2. The largest absolute Gasteiger partial charge is 0.496 e. The zero-order valence-electron chi connectivity index (χ0n) is 15.1. The van der Waals surface area contributed by atoms with Gasteiger partial charge in [-0.25, -0.2) is 4.39 Å². The standard InChI is InChI=1S/C20H18FN5O2/c1-28-17-5-3-2-4-15(17)19-23-20(25-24-19)22-18(27)9-11-26-10-8-13-6-7-14(21)12-16(13)26/h2-8,10,12H,9,11H2,1H3,(H2,22,23,24,25,27). The van der Waals surface area contributed by atoms with Crippen LogP contribution in [0.2, 0.25) is 0 Å². The number of aromatic amines is 1. The number of aromatic nitrogens is 4. The Morgan fingerprint density at radius 2 is 2.11 bits per heavy atom. The van der Waals surface area contributed by atoms with Crippen LogP contribution in [0.1, 0.15) is 6.42 Å². The highest BCUT2D eigenvalue weighted by Crippen LogP contribution is 2.27. The molecule has 1 amide bonds. The molecule has 0 aliphatic carbocycles. The first kappa shape index (κ1) is 17.7. The van der Waals surface area contributed by atoms with Crippen LogP contribution < -0.4 is 10.1 Å². The summed E-state index contributed by atoms with van der Waals surface area (Å²) in [5.41, 5.74) is 1.50. The summed E-state index contributed by atoms with van der Waals surface area (Å²) in [7, 11) is 1.58. The van der Waals surface area contributed by atoms with Gasteiger partial charge in [0.1, 0.15) is 11.6 Å². The number of halogens is 1. The van der Waals surface area contributed by atoms with Crippen molar-refractivity contribution < 1.29 is 13.9 Å². The van der Waals surface area contributed by atoms with Crippen molar-refractivity contribution in [3.8, 4) is 17.1 Å². The van der Waals surface area contributed by atoms with Gasteiger partial charge in [-0.3, -0.25) is 15.2 Å². The normalized spacial score (nSPS) is 10.9. The van der Waals surface area contributed by atoms with Crippen LogP contribution in [-0.4, -0.2) is 32.8 Å². The number of aryl methyl sites for hydroxylation is 1. The topological polar surface area (TPSA) is 84.8 Å². The van der Waals surface area contributed by atoms with Crippen LogP contribution >= 0.6 is 0 Å². The molecule has 2 heterocycles. The molecule has 2 aromatic carbocycles. The predicted octanol–water partition coefficient (Wildman–Crippen LogP) is 3.60. The third kappa shape index (κ3) is 3.57. The van der Waals surface area contributed by atoms with Crippen molar-refractivity contribution in [1.82, 2.24) is 19.7 Å². The maximum Gasteiger partial charge on any atom is 0.249 e. The van der Waals surface area contributed by atoms with Crippen LogP contribution in [0.4, 0.5) is 10.3 Å². The number of rotatable bonds is 6. The molecule has 0 aliphatic rings.